The zero-order chi connectivity index (χ0) is 31.2. The second-order valence-electron chi connectivity index (χ2n) is 13.1. The Bertz CT molecular complexity index is 2720. The first-order valence-corrected chi connectivity index (χ1v) is 16.4. The van der Waals surface area contributed by atoms with Gasteiger partial charge in [0.05, 0.1) is 0 Å². The van der Waals surface area contributed by atoms with Crippen molar-refractivity contribution >= 4 is 70.9 Å². The summed E-state index contributed by atoms with van der Waals surface area (Å²) in [5.74, 6) is 0. The summed E-state index contributed by atoms with van der Waals surface area (Å²) in [5.41, 5.74) is 11.5. The lowest BCUT2D eigenvalue weighted by Gasteiger charge is -2.29. The molecule has 1 heteroatoms. The molecule has 0 fully saturated rings. The molecule has 9 aromatic rings. The van der Waals surface area contributed by atoms with E-state index in [1.54, 1.807) is 0 Å². The molecule has 0 radical (unpaired) electrons. The van der Waals surface area contributed by atoms with Crippen LogP contribution >= 0.6 is 0 Å². The molecule has 0 spiro atoms. The van der Waals surface area contributed by atoms with Crippen LogP contribution in [0.1, 0.15) is 11.1 Å². The first-order chi connectivity index (χ1) is 23.1. The van der Waals surface area contributed by atoms with E-state index in [0.717, 1.165) is 0 Å². The summed E-state index contributed by atoms with van der Waals surface area (Å²) < 4.78 is 0. The number of aryl methyl sites for hydroxylation is 2. The fourth-order valence-electron chi connectivity index (χ4n) is 7.99. The molecule has 9 aromatic carbocycles. The molecule has 0 amide bonds. The highest BCUT2D eigenvalue weighted by Gasteiger charge is 2.25. The molecule has 47 heavy (non-hydrogen) atoms. The lowest BCUT2D eigenvalue weighted by Crippen LogP contribution is -2.12. The summed E-state index contributed by atoms with van der Waals surface area (Å²) in [5, 5.41) is 13.0. The van der Waals surface area contributed by atoms with Crippen molar-refractivity contribution in [2.24, 2.45) is 0 Å². The van der Waals surface area contributed by atoms with Crippen LogP contribution in [-0.4, -0.2) is 0 Å². The number of fused-ring (bicyclic) bond motifs is 12. The minimum Gasteiger partial charge on any atom is -0.310 e. The van der Waals surface area contributed by atoms with Gasteiger partial charge in [0, 0.05) is 17.1 Å². The number of para-hydroxylation sites is 2. The van der Waals surface area contributed by atoms with E-state index in [1.165, 1.54) is 104 Å². The molecule has 0 heterocycles. The SMILES string of the molecule is Cc1ccccc1N(c1ccc2cc3c(cc2c1)-c1cc2cc4c5ccccc5c5ccccc5c4cc2cc1-3)c1ccccc1C. The number of hydrogen-bond donors (Lipinski definition) is 0. The molecule has 0 aliphatic heterocycles. The minimum absolute atomic E-state index is 1.17. The van der Waals surface area contributed by atoms with Gasteiger partial charge in [0.15, 0.2) is 0 Å². The molecule has 10 rings (SSSR count). The van der Waals surface area contributed by atoms with Crippen LogP contribution in [0.3, 0.4) is 0 Å². The summed E-state index contributed by atoms with van der Waals surface area (Å²) in [4.78, 5) is 2.41. The number of nitrogens with zero attached hydrogens (tertiary/aromatic N) is 1. The Balaban J connectivity index is 1.14. The molecule has 0 aromatic heterocycles. The second kappa shape index (κ2) is 9.79. The Morgan fingerprint density at radius 3 is 1.17 bits per heavy atom. The van der Waals surface area contributed by atoms with Gasteiger partial charge in [-0.1, -0.05) is 91.0 Å². The largest absolute Gasteiger partial charge is 0.310 e. The van der Waals surface area contributed by atoms with Crippen molar-refractivity contribution in [1.82, 2.24) is 0 Å². The Kier molecular flexibility index (Phi) is 5.48. The van der Waals surface area contributed by atoms with Crippen molar-refractivity contribution in [3.63, 3.8) is 0 Å². The van der Waals surface area contributed by atoms with E-state index in [9.17, 15) is 0 Å². The van der Waals surface area contributed by atoms with Crippen LogP contribution in [0.25, 0.3) is 76.1 Å². The van der Waals surface area contributed by atoms with Crippen LogP contribution in [0, 0.1) is 13.8 Å². The normalized spacial score (nSPS) is 12.0. The van der Waals surface area contributed by atoms with E-state index >= 15 is 0 Å². The topological polar surface area (TPSA) is 3.24 Å². The fourth-order valence-corrected chi connectivity index (χ4v) is 7.99. The van der Waals surface area contributed by atoms with E-state index in [4.69, 9.17) is 0 Å². The molecule has 0 bridgehead atoms. The first-order valence-electron chi connectivity index (χ1n) is 16.4. The van der Waals surface area contributed by atoms with Gasteiger partial charge >= 0.3 is 0 Å². The van der Waals surface area contributed by atoms with Crippen molar-refractivity contribution in [2.45, 2.75) is 13.8 Å². The van der Waals surface area contributed by atoms with Gasteiger partial charge in [-0.2, -0.15) is 0 Å². The number of anilines is 3. The van der Waals surface area contributed by atoms with Crippen molar-refractivity contribution < 1.29 is 0 Å². The lowest BCUT2D eigenvalue weighted by molar-refractivity contribution is 1.23. The van der Waals surface area contributed by atoms with E-state index in [2.05, 4.69) is 170 Å². The van der Waals surface area contributed by atoms with Crippen molar-refractivity contribution in [1.29, 1.82) is 0 Å². The maximum atomic E-state index is 2.42. The monoisotopic (exact) mass is 597 g/mol. The summed E-state index contributed by atoms with van der Waals surface area (Å²) in [7, 11) is 0. The highest BCUT2D eigenvalue weighted by Crippen LogP contribution is 2.51. The third-order valence-electron chi connectivity index (χ3n) is 10.3. The fraction of sp³-hybridized carbons (Fsp3) is 0.0435. The van der Waals surface area contributed by atoms with Gasteiger partial charge in [-0.15, -0.1) is 0 Å². The van der Waals surface area contributed by atoms with E-state index < -0.39 is 0 Å². The predicted octanol–water partition coefficient (Wildman–Crippen LogP) is 13.2. The first kappa shape index (κ1) is 26.3. The lowest BCUT2D eigenvalue weighted by atomic mass is 9.77. The van der Waals surface area contributed by atoms with Gasteiger partial charge in [0.25, 0.3) is 0 Å². The van der Waals surface area contributed by atoms with Crippen molar-refractivity contribution in [2.75, 3.05) is 4.90 Å². The van der Waals surface area contributed by atoms with Crippen molar-refractivity contribution in [3.05, 3.63) is 163 Å². The molecule has 1 aliphatic rings. The minimum atomic E-state index is 1.17. The highest BCUT2D eigenvalue weighted by atomic mass is 15.1. The van der Waals surface area contributed by atoms with E-state index in [1.807, 2.05) is 0 Å². The third kappa shape index (κ3) is 3.84. The molecule has 0 atom stereocenters. The average molecular weight is 598 g/mol. The number of hydrogen-bond acceptors (Lipinski definition) is 1. The molecule has 0 unspecified atom stereocenters. The summed E-state index contributed by atoms with van der Waals surface area (Å²) in [6, 6.07) is 56.4. The molecular weight excluding hydrogens is 567 g/mol. The quantitative estimate of drug-likeness (QED) is 0.145. The predicted molar refractivity (Wildman–Crippen MR) is 203 cm³/mol. The van der Waals surface area contributed by atoms with Crippen LogP contribution in [0.4, 0.5) is 17.1 Å². The molecule has 1 nitrogen and oxygen atoms in total. The van der Waals surface area contributed by atoms with E-state index in [0.29, 0.717) is 0 Å². The maximum absolute atomic E-state index is 2.42. The van der Waals surface area contributed by atoms with Gasteiger partial charge in [0.1, 0.15) is 0 Å². The summed E-state index contributed by atoms with van der Waals surface area (Å²) >= 11 is 0. The van der Waals surface area contributed by atoms with Crippen LogP contribution < -0.4 is 4.90 Å². The molecule has 220 valence electrons. The Morgan fingerprint density at radius 2 is 0.702 bits per heavy atom. The number of benzene rings is 9. The van der Waals surface area contributed by atoms with Gasteiger partial charge in [-0.05, 0) is 162 Å². The van der Waals surface area contributed by atoms with Crippen molar-refractivity contribution in [3.8, 4) is 22.3 Å². The van der Waals surface area contributed by atoms with Crippen LogP contribution in [0.5, 0.6) is 0 Å². The zero-order valence-corrected chi connectivity index (χ0v) is 26.4. The standard InChI is InChI=1S/C46H31N/c1-28-11-3-9-17-45(28)47(46-18-10-4-12-29(46)2)34-20-19-30-22-41-42(23-31(30)21-34)44-27-33-25-40-38-16-8-6-14-36(38)35-13-5-7-15-37(35)39(40)24-32(33)26-43(41)44/h3-27H,1-2H3. The smallest absolute Gasteiger partial charge is 0.0490 e. The Morgan fingerprint density at radius 1 is 0.319 bits per heavy atom. The summed E-state index contributed by atoms with van der Waals surface area (Å²) in [6.45, 7) is 4.39. The van der Waals surface area contributed by atoms with Gasteiger partial charge in [-0.25, -0.2) is 0 Å². The zero-order valence-electron chi connectivity index (χ0n) is 26.4. The van der Waals surface area contributed by atoms with Crippen LogP contribution in [0.15, 0.2) is 152 Å². The Labute approximate surface area is 273 Å². The maximum Gasteiger partial charge on any atom is 0.0490 e. The van der Waals surface area contributed by atoms with Gasteiger partial charge < -0.3 is 4.90 Å². The second-order valence-corrected chi connectivity index (χ2v) is 13.1. The summed E-state index contributed by atoms with van der Waals surface area (Å²) in [6.07, 6.45) is 0. The third-order valence-corrected chi connectivity index (χ3v) is 10.3. The van der Waals surface area contributed by atoms with Crippen LogP contribution in [-0.2, 0) is 0 Å². The van der Waals surface area contributed by atoms with Crippen LogP contribution in [0.2, 0.25) is 0 Å². The highest BCUT2D eigenvalue weighted by molar-refractivity contribution is 6.27. The van der Waals surface area contributed by atoms with Gasteiger partial charge in [0.2, 0.25) is 0 Å². The van der Waals surface area contributed by atoms with Gasteiger partial charge in [-0.3, -0.25) is 0 Å². The molecule has 0 N–H and O–H groups in total. The molecular formula is C46H31N. The molecule has 1 aliphatic carbocycles. The van der Waals surface area contributed by atoms with E-state index in [-0.39, 0.29) is 0 Å². The average Bonchev–Trinajstić information content (AvgIpc) is 3.11. The number of rotatable bonds is 3. The molecule has 0 saturated heterocycles. The molecule has 0 saturated carbocycles. The Hall–Kier alpha value is -5.92.